The third-order valence-electron chi connectivity index (χ3n) is 6.28. The Balaban J connectivity index is 1.99. The van der Waals surface area contributed by atoms with Crippen molar-refractivity contribution in [3.63, 3.8) is 0 Å². The van der Waals surface area contributed by atoms with Crippen LogP contribution in [-0.2, 0) is 11.2 Å². The van der Waals surface area contributed by atoms with Crippen LogP contribution in [0.15, 0.2) is 84.9 Å². The molecule has 4 aromatic rings. The molecule has 2 atom stereocenters. The first-order chi connectivity index (χ1) is 13.5. The molecule has 0 amide bonds. The summed E-state index contributed by atoms with van der Waals surface area (Å²) in [5.41, 5.74) is 1.67. The summed E-state index contributed by atoms with van der Waals surface area (Å²) in [5, 5.41) is 26.8. The summed E-state index contributed by atoms with van der Waals surface area (Å²) in [5.74, 6) is 0. The lowest BCUT2D eigenvalue weighted by molar-refractivity contribution is -0.105. The van der Waals surface area contributed by atoms with Crippen molar-refractivity contribution in [2.45, 2.75) is 25.0 Å². The van der Waals surface area contributed by atoms with E-state index in [0.717, 1.165) is 44.2 Å². The molecule has 5 rings (SSSR count). The van der Waals surface area contributed by atoms with Crippen LogP contribution < -0.4 is 0 Å². The van der Waals surface area contributed by atoms with Crippen molar-refractivity contribution < 1.29 is 10.2 Å². The van der Waals surface area contributed by atoms with Gasteiger partial charge < -0.3 is 10.2 Å². The second kappa shape index (κ2) is 5.78. The van der Waals surface area contributed by atoms with Crippen LogP contribution in [0.25, 0.3) is 10.8 Å². The summed E-state index contributed by atoms with van der Waals surface area (Å²) in [7, 11) is 0. The number of benzene rings is 4. The van der Waals surface area contributed by atoms with Gasteiger partial charge in [0.05, 0.1) is 0 Å². The first-order valence-corrected chi connectivity index (χ1v) is 9.59. The Bertz CT molecular complexity index is 1130. The van der Waals surface area contributed by atoms with Crippen molar-refractivity contribution in [2.75, 3.05) is 0 Å². The van der Waals surface area contributed by atoms with Crippen molar-refractivity contribution in [3.05, 3.63) is 118 Å². The van der Waals surface area contributed by atoms with E-state index >= 15 is 0 Å². The molecule has 0 aromatic heterocycles. The topological polar surface area (TPSA) is 40.5 Å². The van der Waals surface area contributed by atoms with Gasteiger partial charge in [0.2, 0.25) is 0 Å². The quantitative estimate of drug-likeness (QED) is 0.527. The lowest BCUT2D eigenvalue weighted by atomic mass is 9.70. The lowest BCUT2D eigenvalue weighted by Gasteiger charge is -2.42. The first-order valence-electron chi connectivity index (χ1n) is 9.59. The molecule has 0 spiro atoms. The summed E-state index contributed by atoms with van der Waals surface area (Å²) < 4.78 is 0. The molecule has 1 aliphatic rings. The molecule has 4 aromatic carbocycles. The average Bonchev–Trinajstić information content (AvgIpc) is 2.91. The third kappa shape index (κ3) is 1.94. The van der Waals surface area contributed by atoms with Gasteiger partial charge in [0.25, 0.3) is 0 Å². The molecule has 1 aliphatic carbocycles. The highest BCUT2D eigenvalue weighted by molar-refractivity contribution is 5.95. The Hall–Kier alpha value is -2.94. The SMILES string of the molecule is Cc1ccccc1[C@@]1(O)c2cccc3cccc(c23)[C@@]1(O)c1ccccc1C. The summed E-state index contributed by atoms with van der Waals surface area (Å²) in [6.07, 6.45) is 0. The van der Waals surface area contributed by atoms with Gasteiger partial charge in [-0.15, -0.1) is 0 Å². The largest absolute Gasteiger partial charge is 0.377 e. The van der Waals surface area contributed by atoms with Crippen LogP contribution in [0.2, 0.25) is 0 Å². The van der Waals surface area contributed by atoms with E-state index in [1.807, 2.05) is 98.8 Å². The maximum Gasteiger partial charge on any atom is 0.152 e. The van der Waals surface area contributed by atoms with Crippen LogP contribution in [0.4, 0.5) is 0 Å². The number of hydrogen-bond acceptors (Lipinski definition) is 2. The highest BCUT2D eigenvalue weighted by Crippen LogP contribution is 2.58. The number of aliphatic hydroxyl groups is 2. The number of hydrogen-bond donors (Lipinski definition) is 2. The summed E-state index contributed by atoms with van der Waals surface area (Å²) in [6.45, 7) is 3.96. The van der Waals surface area contributed by atoms with Crippen molar-refractivity contribution in [1.82, 2.24) is 0 Å². The standard InChI is InChI=1S/C26H22O2/c1-17-9-3-5-13-20(17)25(27)22-15-7-11-19-12-8-16-23(24(19)22)26(25,28)21-14-6-4-10-18(21)2/h3-16,27-28H,1-2H3/t25-,26+. The van der Waals surface area contributed by atoms with Crippen molar-refractivity contribution >= 4 is 10.8 Å². The second-order valence-electron chi connectivity index (χ2n) is 7.76. The Kier molecular flexibility index (Phi) is 3.54. The fraction of sp³-hybridized carbons (Fsp3) is 0.154. The first kappa shape index (κ1) is 17.2. The average molecular weight is 366 g/mol. The number of rotatable bonds is 2. The van der Waals surface area contributed by atoms with Gasteiger partial charge in [-0.05, 0) is 58.0 Å². The van der Waals surface area contributed by atoms with Gasteiger partial charge in [0, 0.05) is 0 Å². The van der Waals surface area contributed by atoms with E-state index in [0.29, 0.717) is 0 Å². The molecule has 0 fully saturated rings. The lowest BCUT2D eigenvalue weighted by Crippen LogP contribution is -2.48. The van der Waals surface area contributed by atoms with Gasteiger partial charge in [-0.3, -0.25) is 0 Å². The van der Waals surface area contributed by atoms with Crippen LogP contribution >= 0.6 is 0 Å². The minimum atomic E-state index is -1.59. The molecule has 0 saturated carbocycles. The van der Waals surface area contributed by atoms with E-state index in [4.69, 9.17) is 0 Å². The fourth-order valence-electron chi connectivity index (χ4n) is 4.97. The summed E-state index contributed by atoms with van der Waals surface area (Å²) in [4.78, 5) is 0. The minimum Gasteiger partial charge on any atom is -0.377 e. The van der Waals surface area contributed by atoms with E-state index in [9.17, 15) is 10.2 Å². The van der Waals surface area contributed by atoms with Gasteiger partial charge in [-0.2, -0.15) is 0 Å². The van der Waals surface area contributed by atoms with Gasteiger partial charge >= 0.3 is 0 Å². The minimum absolute atomic E-state index is 0.726. The Labute approximate surface area is 164 Å². The zero-order chi connectivity index (χ0) is 19.5. The molecule has 28 heavy (non-hydrogen) atoms. The smallest absolute Gasteiger partial charge is 0.152 e. The highest BCUT2D eigenvalue weighted by atomic mass is 16.4. The molecule has 2 heteroatoms. The Morgan fingerprint density at radius 2 is 0.893 bits per heavy atom. The predicted molar refractivity (Wildman–Crippen MR) is 112 cm³/mol. The van der Waals surface area contributed by atoms with Crippen molar-refractivity contribution in [2.24, 2.45) is 0 Å². The summed E-state index contributed by atoms with van der Waals surface area (Å²) in [6, 6.07) is 27.4. The third-order valence-corrected chi connectivity index (χ3v) is 6.28. The maximum atomic E-state index is 12.4. The van der Waals surface area contributed by atoms with Gasteiger partial charge in [-0.1, -0.05) is 84.9 Å². The van der Waals surface area contributed by atoms with E-state index in [1.54, 1.807) is 0 Å². The normalized spacial score (nSPS) is 23.3. The second-order valence-corrected chi connectivity index (χ2v) is 7.76. The molecule has 0 unspecified atom stereocenters. The van der Waals surface area contributed by atoms with Crippen molar-refractivity contribution in [3.8, 4) is 0 Å². The molecular formula is C26H22O2. The molecule has 0 aliphatic heterocycles. The van der Waals surface area contributed by atoms with Crippen LogP contribution in [-0.4, -0.2) is 10.2 Å². The molecule has 0 radical (unpaired) electrons. The van der Waals surface area contributed by atoms with Gasteiger partial charge in [0.15, 0.2) is 11.2 Å². The van der Waals surface area contributed by atoms with Crippen LogP contribution in [0, 0.1) is 13.8 Å². The molecular weight excluding hydrogens is 344 g/mol. The van der Waals surface area contributed by atoms with E-state index in [1.165, 1.54) is 0 Å². The van der Waals surface area contributed by atoms with Crippen LogP contribution in [0.1, 0.15) is 33.4 Å². The Morgan fingerprint density at radius 3 is 1.32 bits per heavy atom. The highest BCUT2D eigenvalue weighted by Gasteiger charge is 2.60. The summed E-state index contributed by atoms with van der Waals surface area (Å²) >= 11 is 0. The molecule has 0 heterocycles. The van der Waals surface area contributed by atoms with Crippen molar-refractivity contribution in [1.29, 1.82) is 0 Å². The monoisotopic (exact) mass is 366 g/mol. The van der Waals surface area contributed by atoms with E-state index in [-0.39, 0.29) is 0 Å². The molecule has 0 bridgehead atoms. The molecule has 138 valence electrons. The fourth-order valence-corrected chi connectivity index (χ4v) is 4.97. The zero-order valence-corrected chi connectivity index (χ0v) is 16.0. The van der Waals surface area contributed by atoms with Crippen LogP contribution in [0.5, 0.6) is 0 Å². The Morgan fingerprint density at radius 1 is 0.500 bits per heavy atom. The number of aryl methyl sites for hydroxylation is 2. The molecule has 2 N–H and O–H groups in total. The maximum absolute atomic E-state index is 12.4. The molecule has 0 saturated heterocycles. The molecule has 2 nitrogen and oxygen atoms in total. The van der Waals surface area contributed by atoms with E-state index < -0.39 is 11.2 Å². The van der Waals surface area contributed by atoms with Gasteiger partial charge in [-0.25, -0.2) is 0 Å². The van der Waals surface area contributed by atoms with E-state index in [2.05, 4.69) is 0 Å². The van der Waals surface area contributed by atoms with Gasteiger partial charge in [0.1, 0.15) is 0 Å². The zero-order valence-electron chi connectivity index (χ0n) is 16.0. The van der Waals surface area contributed by atoms with Crippen LogP contribution in [0.3, 0.4) is 0 Å². The predicted octanol–water partition coefficient (Wildman–Crippen LogP) is 4.94.